The number of carbonyl (C=O) groups excluding carboxylic acids is 1. The van der Waals surface area contributed by atoms with Crippen molar-refractivity contribution in [3.05, 3.63) is 66.5 Å². The fourth-order valence-corrected chi connectivity index (χ4v) is 2.88. The SMILES string of the molecule is C=CC(=O)NCc1cc(-c2ccc(OC(F)(F)F)cc2)c2nccnc2c1CO. The van der Waals surface area contributed by atoms with E-state index < -0.39 is 6.36 Å². The molecular weight excluding hydrogens is 387 g/mol. The number of fused-ring (bicyclic) bond motifs is 1. The van der Waals surface area contributed by atoms with Crippen LogP contribution in [0.1, 0.15) is 11.1 Å². The number of nitrogens with one attached hydrogen (secondary N) is 1. The molecule has 0 atom stereocenters. The summed E-state index contributed by atoms with van der Waals surface area (Å²) in [4.78, 5) is 20.1. The van der Waals surface area contributed by atoms with Gasteiger partial charge in [-0.15, -0.1) is 13.2 Å². The zero-order valence-corrected chi connectivity index (χ0v) is 15.0. The maximum atomic E-state index is 12.4. The zero-order chi connectivity index (χ0) is 21.0. The average Bonchev–Trinajstić information content (AvgIpc) is 2.70. The number of halogens is 3. The van der Waals surface area contributed by atoms with Crippen LogP contribution in [-0.4, -0.2) is 27.3 Å². The monoisotopic (exact) mass is 403 g/mol. The molecule has 29 heavy (non-hydrogen) atoms. The molecule has 6 nitrogen and oxygen atoms in total. The van der Waals surface area contributed by atoms with E-state index in [0.717, 1.165) is 6.08 Å². The molecule has 1 heterocycles. The molecule has 150 valence electrons. The Labute approximate surface area is 163 Å². The van der Waals surface area contributed by atoms with Crippen molar-refractivity contribution in [1.29, 1.82) is 0 Å². The summed E-state index contributed by atoms with van der Waals surface area (Å²) in [5.41, 5.74) is 3.17. The van der Waals surface area contributed by atoms with E-state index in [-0.39, 0.29) is 24.8 Å². The van der Waals surface area contributed by atoms with Gasteiger partial charge in [-0.1, -0.05) is 18.7 Å². The van der Waals surface area contributed by atoms with Crippen molar-refractivity contribution in [3.63, 3.8) is 0 Å². The van der Waals surface area contributed by atoms with Gasteiger partial charge in [0.1, 0.15) is 5.75 Å². The minimum atomic E-state index is -4.78. The van der Waals surface area contributed by atoms with Gasteiger partial charge in [0.25, 0.3) is 0 Å². The molecule has 2 aromatic carbocycles. The second kappa shape index (κ2) is 8.27. The number of aliphatic hydroxyl groups excluding tert-OH is 1. The summed E-state index contributed by atoms with van der Waals surface area (Å²) in [6, 6.07) is 7.05. The zero-order valence-electron chi connectivity index (χ0n) is 15.0. The van der Waals surface area contributed by atoms with Crippen molar-refractivity contribution in [2.45, 2.75) is 19.5 Å². The van der Waals surface area contributed by atoms with Gasteiger partial charge in [0.2, 0.25) is 5.91 Å². The van der Waals surface area contributed by atoms with E-state index in [1.165, 1.54) is 36.7 Å². The number of carbonyl (C=O) groups is 1. The van der Waals surface area contributed by atoms with E-state index in [2.05, 4.69) is 26.6 Å². The summed E-state index contributed by atoms with van der Waals surface area (Å²) in [5, 5.41) is 12.5. The van der Waals surface area contributed by atoms with Crippen molar-refractivity contribution in [2.24, 2.45) is 0 Å². The molecule has 0 bridgehead atoms. The highest BCUT2D eigenvalue weighted by molar-refractivity contribution is 5.94. The average molecular weight is 403 g/mol. The van der Waals surface area contributed by atoms with Crippen LogP contribution < -0.4 is 10.1 Å². The first kappa shape index (κ1) is 20.3. The molecule has 1 amide bonds. The maximum absolute atomic E-state index is 12.4. The summed E-state index contributed by atoms with van der Waals surface area (Å²) in [6.45, 7) is 3.17. The van der Waals surface area contributed by atoms with Crippen LogP contribution in [-0.2, 0) is 17.9 Å². The van der Waals surface area contributed by atoms with E-state index in [1.807, 2.05) is 0 Å². The Morgan fingerprint density at radius 2 is 1.83 bits per heavy atom. The molecule has 0 fully saturated rings. The highest BCUT2D eigenvalue weighted by atomic mass is 19.4. The van der Waals surface area contributed by atoms with Gasteiger partial charge in [-0.05, 0) is 35.4 Å². The number of ether oxygens (including phenoxy) is 1. The van der Waals surface area contributed by atoms with Gasteiger partial charge in [0, 0.05) is 30.1 Å². The summed E-state index contributed by atoms with van der Waals surface area (Å²) in [6.07, 6.45) is -0.705. The molecular formula is C20H16F3N3O3. The first-order valence-corrected chi connectivity index (χ1v) is 8.45. The van der Waals surface area contributed by atoms with Gasteiger partial charge in [-0.3, -0.25) is 14.8 Å². The van der Waals surface area contributed by atoms with Crippen LogP contribution in [0.3, 0.4) is 0 Å². The first-order chi connectivity index (χ1) is 13.8. The van der Waals surface area contributed by atoms with Gasteiger partial charge >= 0.3 is 6.36 Å². The quantitative estimate of drug-likeness (QED) is 0.616. The van der Waals surface area contributed by atoms with E-state index in [0.29, 0.717) is 33.3 Å². The van der Waals surface area contributed by atoms with Crippen LogP contribution >= 0.6 is 0 Å². The highest BCUT2D eigenvalue weighted by Crippen LogP contribution is 2.33. The van der Waals surface area contributed by atoms with Crippen LogP contribution in [0.5, 0.6) is 5.75 Å². The Bertz CT molecular complexity index is 1050. The lowest BCUT2D eigenvalue weighted by atomic mass is 9.96. The Morgan fingerprint density at radius 1 is 1.17 bits per heavy atom. The van der Waals surface area contributed by atoms with E-state index >= 15 is 0 Å². The number of hydrogen-bond acceptors (Lipinski definition) is 5. The molecule has 3 rings (SSSR count). The molecule has 1 aromatic heterocycles. The Kier molecular flexibility index (Phi) is 5.79. The summed E-state index contributed by atoms with van der Waals surface area (Å²) >= 11 is 0. The lowest BCUT2D eigenvalue weighted by molar-refractivity contribution is -0.274. The van der Waals surface area contributed by atoms with Crippen molar-refractivity contribution in [1.82, 2.24) is 15.3 Å². The molecule has 2 N–H and O–H groups in total. The number of benzene rings is 2. The van der Waals surface area contributed by atoms with Crippen molar-refractivity contribution >= 4 is 16.9 Å². The summed E-state index contributed by atoms with van der Waals surface area (Å²) in [7, 11) is 0. The van der Waals surface area contributed by atoms with E-state index in [1.54, 1.807) is 6.07 Å². The molecule has 0 saturated heterocycles. The number of hydrogen-bond donors (Lipinski definition) is 2. The normalized spacial score (nSPS) is 11.3. The lowest BCUT2D eigenvalue weighted by Crippen LogP contribution is -2.21. The standard InChI is InChI=1S/C20H16F3N3O3/c1-2-17(28)26-10-13-9-15(18-19(16(13)11-27)25-8-7-24-18)12-3-5-14(6-4-12)29-20(21,22)23/h2-9,27H,1,10-11H2,(H,26,28). The van der Waals surface area contributed by atoms with Crippen LogP contribution in [0.2, 0.25) is 0 Å². The molecule has 0 aliphatic carbocycles. The number of amides is 1. The predicted octanol–water partition coefficient (Wildman–Crippen LogP) is 3.49. The van der Waals surface area contributed by atoms with Crippen molar-refractivity contribution in [2.75, 3.05) is 0 Å². The molecule has 3 aromatic rings. The largest absolute Gasteiger partial charge is 0.573 e. The van der Waals surface area contributed by atoms with E-state index in [4.69, 9.17) is 0 Å². The summed E-state index contributed by atoms with van der Waals surface area (Å²) < 4.78 is 41.0. The minimum Gasteiger partial charge on any atom is -0.406 e. The van der Waals surface area contributed by atoms with Gasteiger partial charge in [0.05, 0.1) is 17.6 Å². The van der Waals surface area contributed by atoms with Crippen LogP contribution in [0.4, 0.5) is 13.2 Å². The summed E-state index contributed by atoms with van der Waals surface area (Å²) in [5.74, 6) is -0.731. The number of rotatable bonds is 6. The fraction of sp³-hybridized carbons (Fsp3) is 0.150. The van der Waals surface area contributed by atoms with Crippen LogP contribution in [0.15, 0.2) is 55.4 Å². The van der Waals surface area contributed by atoms with Gasteiger partial charge in [-0.2, -0.15) is 0 Å². The Morgan fingerprint density at radius 3 is 2.41 bits per heavy atom. The third kappa shape index (κ3) is 4.69. The molecule has 0 aliphatic heterocycles. The van der Waals surface area contributed by atoms with Gasteiger partial charge in [0.15, 0.2) is 0 Å². The van der Waals surface area contributed by atoms with Gasteiger partial charge in [-0.25, -0.2) is 0 Å². The van der Waals surface area contributed by atoms with Crippen molar-refractivity contribution < 1.29 is 27.8 Å². The molecule has 0 aliphatic rings. The van der Waals surface area contributed by atoms with Crippen molar-refractivity contribution in [3.8, 4) is 16.9 Å². The molecule has 0 radical (unpaired) electrons. The maximum Gasteiger partial charge on any atom is 0.573 e. The molecule has 0 unspecified atom stereocenters. The second-order valence-corrected chi connectivity index (χ2v) is 5.97. The van der Waals surface area contributed by atoms with E-state index in [9.17, 15) is 23.1 Å². The number of aliphatic hydroxyl groups is 1. The lowest BCUT2D eigenvalue weighted by Gasteiger charge is -2.15. The smallest absolute Gasteiger partial charge is 0.406 e. The third-order valence-corrected chi connectivity index (χ3v) is 4.14. The number of alkyl halides is 3. The van der Waals surface area contributed by atoms with Crippen LogP contribution in [0.25, 0.3) is 22.2 Å². The first-order valence-electron chi connectivity index (χ1n) is 8.45. The number of aromatic nitrogens is 2. The Balaban J connectivity index is 2.09. The van der Waals surface area contributed by atoms with Gasteiger partial charge < -0.3 is 15.2 Å². The number of nitrogens with zero attached hydrogens (tertiary/aromatic N) is 2. The second-order valence-electron chi connectivity index (χ2n) is 5.97. The Hall–Kier alpha value is -3.46. The minimum absolute atomic E-state index is 0.107. The predicted molar refractivity (Wildman–Crippen MR) is 99.6 cm³/mol. The molecule has 0 spiro atoms. The molecule has 9 heteroatoms. The third-order valence-electron chi connectivity index (χ3n) is 4.14. The fourth-order valence-electron chi connectivity index (χ4n) is 2.88. The highest BCUT2D eigenvalue weighted by Gasteiger charge is 2.31. The van der Waals surface area contributed by atoms with Crippen LogP contribution in [0, 0.1) is 0 Å². The topological polar surface area (TPSA) is 84.3 Å². The molecule has 0 saturated carbocycles.